The molecule has 0 radical (unpaired) electrons. The Bertz CT molecular complexity index is 717. The summed E-state index contributed by atoms with van der Waals surface area (Å²) in [6.07, 6.45) is 0.834. The molecule has 0 atom stereocenters. The second kappa shape index (κ2) is 9.30. The van der Waals surface area contributed by atoms with Crippen LogP contribution in [0.3, 0.4) is 0 Å². The van der Waals surface area contributed by atoms with Crippen molar-refractivity contribution in [3.63, 3.8) is 0 Å². The van der Waals surface area contributed by atoms with E-state index in [1.165, 1.54) is 5.56 Å². The van der Waals surface area contributed by atoms with Crippen LogP contribution < -0.4 is 20.1 Å². The fourth-order valence-electron chi connectivity index (χ4n) is 2.35. The second-order valence-electron chi connectivity index (χ2n) is 5.62. The van der Waals surface area contributed by atoms with Crippen molar-refractivity contribution in [3.8, 4) is 11.5 Å². The summed E-state index contributed by atoms with van der Waals surface area (Å²) in [5, 5.41) is 6.58. The van der Waals surface area contributed by atoms with Gasteiger partial charge in [-0.3, -0.25) is 4.79 Å². The van der Waals surface area contributed by atoms with Crippen molar-refractivity contribution >= 4 is 23.2 Å². The summed E-state index contributed by atoms with van der Waals surface area (Å²) >= 11 is 6.07. The summed E-state index contributed by atoms with van der Waals surface area (Å²) in [6.45, 7) is 2.81. The Hall–Kier alpha value is -2.24. The molecule has 0 heterocycles. The van der Waals surface area contributed by atoms with Gasteiger partial charge in [-0.1, -0.05) is 23.7 Å². The fraction of sp³-hybridized carbons (Fsp3) is 0.316. The zero-order valence-corrected chi connectivity index (χ0v) is 15.4. The normalized spacial score (nSPS) is 10.4. The lowest BCUT2D eigenvalue weighted by Gasteiger charge is -2.12. The molecule has 0 saturated carbocycles. The minimum absolute atomic E-state index is 0.130. The van der Waals surface area contributed by atoms with Crippen LogP contribution in [0.4, 0.5) is 5.69 Å². The number of nitrogens with one attached hydrogen (secondary N) is 2. The highest BCUT2D eigenvalue weighted by molar-refractivity contribution is 6.31. The van der Waals surface area contributed by atoms with Crippen LogP contribution in [0.15, 0.2) is 36.4 Å². The maximum atomic E-state index is 12.1. The largest absolute Gasteiger partial charge is 0.497 e. The van der Waals surface area contributed by atoms with Gasteiger partial charge in [0.2, 0.25) is 5.91 Å². The van der Waals surface area contributed by atoms with Gasteiger partial charge in [0, 0.05) is 11.1 Å². The molecule has 0 bridgehead atoms. The van der Waals surface area contributed by atoms with Crippen molar-refractivity contribution < 1.29 is 14.3 Å². The van der Waals surface area contributed by atoms with E-state index in [1.807, 2.05) is 31.2 Å². The monoisotopic (exact) mass is 362 g/mol. The molecule has 0 spiro atoms. The molecular formula is C19H23ClN2O3. The number of amides is 1. The van der Waals surface area contributed by atoms with Crippen molar-refractivity contribution in [2.45, 2.75) is 13.3 Å². The SMILES string of the molecule is COc1ccc(CCNCC(=O)Nc2cc(C)c(Cl)cc2OC)cc1. The molecule has 0 aliphatic rings. The third-order valence-corrected chi connectivity index (χ3v) is 4.20. The van der Waals surface area contributed by atoms with Crippen molar-refractivity contribution in [1.82, 2.24) is 5.32 Å². The first-order valence-corrected chi connectivity index (χ1v) is 8.39. The lowest BCUT2D eigenvalue weighted by Crippen LogP contribution is -2.29. The maximum Gasteiger partial charge on any atom is 0.238 e. The van der Waals surface area contributed by atoms with E-state index in [1.54, 1.807) is 26.4 Å². The average molecular weight is 363 g/mol. The average Bonchev–Trinajstić information content (AvgIpc) is 2.62. The predicted octanol–water partition coefficient (Wildman–Crippen LogP) is 3.44. The number of hydrogen-bond donors (Lipinski definition) is 2. The lowest BCUT2D eigenvalue weighted by molar-refractivity contribution is -0.115. The summed E-state index contributed by atoms with van der Waals surface area (Å²) in [7, 11) is 3.19. The molecule has 1 amide bonds. The molecule has 2 N–H and O–H groups in total. The summed E-state index contributed by atoms with van der Waals surface area (Å²) in [5.74, 6) is 1.25. The van der Waals surface area contributed by atoms with E-state index in [4.69, 9.17) is 21.1 Å². The number of methoxy groups -OCH3 is 2. The molecule has 2 aromatic carbocycles. The van der Waals surface area contributed by atoms with Gasteiger partial charge in [0.05, 0.1) is 26.5 Å². The van der Waals surface area contributed by atoms with Gasteiger partial charge in [-0.2, -0.15) is 0 Å². The molecular weight excluding hydrogens is 340 g/mol. The molecule has 0 aliphatic carbocycles. The first-order valence-electron chi connectivity index (χ1n) is 8.01. The zero-order chi connectivity index (χ0) is 18.2. The summed E-state index contributed by atoms with van der Waals surface area (Å²) in [4.78, 5) is 12.1. The van der Waals surface area contributed by atoms with Gasteiger partial charge >= 0.3 is 0 Å². The summed E-state index contributed by atoms with van der Waals surface area (Å²) in [6, 6.07) is 11.4. The van der Waals surface area contributed by atoms with Gasteiger partial charge < -0.3 is 20.1 Å². The summed E-state index contributed by atoms with van der Waals surface area (Å²) in [5.41, 5.74) is 2.68. The lowest BCUT2D eigenvalue weighted by atomic mass is 10.1. The van der Waals surface area contributed by atoms with Gasteiger partial charge in [-0.15, -0.1) is 0 Å². The zero-order valence-electron chi connectivity index (χ0n) is 14.7. The van der Waals surface area contributed by atoms with Crippen LogP contribution in [0.1, 0.15) is 11.1 Å². The quantitative estimate of drug-likeness (QED) is 0.706. The van der Waals surface area contributed by atoms with Crippen LogP contribution in [-0.4, -0.2) is 33.2 Å². The third-order valence-electron chi connectivity index (χ3n) is 3.79. The van der Waals surface area contributed by atoms with E-state index >= 15 is 0 Å². The van der Waals surface area contributed by atoms with E-state index in [9.17, 15) is 4.79 Å². The number of anilines is 1. The number of hydrogen-bond acceptors (Lipinski definition) is 4. The number of benzene rings is 2. The van der Waals surface area contributed by atoms with Crippen molar-refractivity contribution in [2.75, 3.05) is 32.6 Å². The van der Waals surface area contributed by atoms with E-state index < -0.39 is 0 Å². The molecule has 0 aromatic heterocycles. The topological polar surface area (TPSA) is 59.6 Å². The Morgan fingerprint density at radius 2 is 1.84 bits per heavy atom. The van der Waals surface area contributed by atoms with Gasteiger partial charge in [-0.05, 0) is 49.2 Å². The highest BCUT2D eigenvalue weighted by atomic mass is 35.5. The van der Waals surface area contributed by atoms with E-state index in [0.717, 1.165) is 17.7 Å². The number of ether oxygens (including phenoxy) is 2. The number of halogens is 1. The predicted molar refractivity (Wildman–Crippen MR) is 101 cm³/mol. The van der Waals surface area contributed by atoms with E-state index in [0.29, 0.717) is 23.0 Å². The molecule has 6 heteroatoms. The second-order valence-corrected chi connectivity index (χ2v) is 6.03. The standard InChI is InChI=1S/C19H23ClN2O3/c1-13-10-17(18(25-3)11-16(13)20)22-19(23)12-21-9-8-14-4-6-15(24-2)7-5-14/h4-7,10-11,21H,8-9,12H2,1-3H3,(H,22,23). The molecule has 2 aromatic rings. The van der Waals surface area contributed by atoms with Crippen LogP contribution in [0.5, 0.6) is 11.5 Å². The summed E-state index contributed by atoms with van der Waals surface area (Å²) < 4.78 is 10.4. The number of aryl methyl sites for hydroxylation is 1. The van der Waals surface area contributed by atoms with E-state index in [2.05, 4.69) is 10.6 Å². The fourth-order valence-corrected chi connectivity index (χ4v) is 2.50. The smallest absolute Gasteiger partial charge is 0.238 e. The molecule has 2 rings (SSSR count). The molecule has 0 aliphatic heterocycles. The Balaban J connectivity index is 1.80. The molecule has 0 unspecified atom stereocenters. The van der Waals surface area contributed by atoms with Crippen LogP contribution >= 0.6 is 11.6 Å². The Kier molecular flexibility index (Phi) is 7.10. The minimum Gasteiger partial charge on any atom is -0.497 e. The van der Waals surface area contributed by atoms with Crippen molar-refractivity contribution in [1.29, 1.82) is 0 Å². The molecule has 25 heavy (non-hydrogen) atoms. The maximum absolute atomic E-state index is 12.1. The van der Waals surface area contributed by atoms with Gasteiger partial charge in [0.15, 0.2) is 0 Å². The van der Waals surface area contributed by atoms with Gasteiger partial charge in [-0.25, -0.2) is 0 Å². The van der Waals surface area contributed by atoms with Crippen LogP contribution in [0, 0.1) is 6.92 Å². The Labute approximate surface area is 153 Å². The number of rotatable bonds is 8. The number of carbonyl (C=O) groups is 1. The van der Waals surface area contributed by atoms with Crippen LogP contribution in [-0.2, 0) is 11.2 Å². The third kappa shape index (κ3) is 5.66. The Morgan fingerprint density at radius 1 is 1.12 bits per heavy atom. The Morgan fingerprint density at radius 3 is 2.48 bits per heavy atom. The van der Waals surface area contributed by atoms with Crippen molar-refractivity contribution in [3.05, 3.63) is 52.5 Å². The van der Waals surface area contributed by atoms with Gasteiger partial charge in [0.25, 0.3) is 0 Å². The van der Waals surface area contributed by atoms with Crippen LogP contribution in [0.25, 0.3) is 0 Å². The van der Waals surface area contributed by atoms with Crippen molar-refractivity contribution in [2.24, 2.45) is 0 Å². The minimum atomic E-state index is -0.130. The number of carbonyl (C=O) groups excluding carboxylic acids is 1. The van der Waals surface area contributed by atoms with Crippen LogP contribution in [0.2, 0.25) is 5.02 Å². The van der Waals surface area contributed by atoms with Gasteiger partial charge in [0.1, 0.15) is 11.5 Å². The highest BCUT2D eigenvalue weighted by Crippen LogP contribution is 2.30. The molecule has 0 fully saturated rings. The molecule has 134 valence electrons. The highest BCUT2D eigenvalue weighted by Gasteiger charge is 2.10. The van der Waals surface area contributed by atoms with E-state index in [-0.39, 0.29) is 12.5 Å². The first-order chi connectivity index (χ1) is 12.0. The molecule has 0 saturated heterocycles. The molecule has 5 nitrogen and oxygen atoms in total. The first kappa shape index (κ1) is 19.1.